The lowest BCUT2D eigenvalue weighted by Crippen LogP contribution is -2.60. The molecule has 664 valence electrons. The number of nitrogens with zero attached hydrogens (tertiary/aromatic N) is 13. The minimum Gasteiger partial charge on any atom is -0.388 e. The maximum absolute atomic E-state index is 14.9. The standard InChI is InChI=1S/C22H21F3N4O3.C21H19F4N5O3.C20H18F4N4O3.C20H19F3N4O3/c23-22(24,25)16-5-3-15(4-6-16)21(7-8-32-12-18(21)30)28-20(31)17-10-27-29-11-14(13-1-2-13)9-26-19(17)29;22-15-5-13(21(23,24)25)7-26-17(15)20(3-4-33-10-16(20)31)29-19(32)14-8-28-30-9-12(11-1-2-11)6-27-18(14)30;1-11-6-25-16-13(7-26-28(16)8-11)17(29)27-19(10-31-9-18(19,2)30)14-4-3-12(5-15(14)21)20(22,23)24;1-12-8-24-17-15(9-25-27(17)10-12)18(29)26-19(6-7-30-11-16(19)28)13-2-4-14(5-3-13)20(21,22)23/h3-6,9-11,13,18,30H,1-2,7-8,12H2,(H,28,31);5-9,11,16,31H,1-4,10H2,(H,29,32);3-8,30H,9-10H2,1-2H3,(H,27,29);2-5,8-10,16,28H,6-7,11H2,1H3,(H,26,29). The number of rotatable bonds is 14. The highest BCUT2D eigenvalue weighted by Crippen LogP contribution is 2.46. The van der Waals surface area contributed by atoms with E-state index in [1.807, 2.05) is 13.1 Å². The van der Waals surface area contributed by atoms with Gasteiger partial charge in [0.15, 0.2) is 22.6 Å². The maximum Gasteiger partial charge on any atom is 0.417 e. The summed E-state index contributed by atoms with van der Waals surface area (Å²) in [6.07, 6.45) is 1.74. The molecule has 0 spiro atoms. The SMILES string of the molecule is Cc1cnc2c(C(=O)NC3(c4ccc(C(F)(F)F)cc4)CCOCC3O)cnn2c1.Cc1cnc2c(C(=O)NC3(c4ccc(C(F)(F)F)cc4F)COCC3(C)O)cnn2c1.O=C(NC1(c2ccc(C(F)(F)F)cc2)CCOCC1O)c1cnn2cc(C3CC3)cnc12.O=C(NC1(c2ncc(C(F)(F)F)cc2F)CCOCC1O)c1cnn2cc(C3CC3)cnc12. The predicted octanol–water partition coefficient (Wildman–Crippen LogP) is 10.7. The topological polar surface area (TPSA) is 368 Å². The van der Waals surface area contributed by atoms with E-state index in [0.717, 1.165) is 78.3 Å². The second kappa shape index (κ2) is 34.0. The number of halogens is 14. The molecule has 6 aliphatic rings. The van der Waals surface area contributed by atoms with E-state index >= 15 is 0 Å². The lowest BCUT2D eigenvalue weighted by molar-refractivity contribution is -0.138. The Hall–Kier alpha value is -12.1. The van der Waals surface area contributed by atoms with Crippen LogP contribution in [0.15, 0.2) is 153 Å². The number of amides is 4. The summed E-state index contributed by atoms with van der Waals surface area (Å²) < 4.78 is 212. The molecule has 18 rings (SSSR count). The van der Waals surface area contributed by atoms with Crippen molar-refractivity contribution >= 4 is 46.2 Å². The van der Waals surface area contributed by atoms with Crippen molar-refractivity contribution in [3.8, 4) is 0 Å². The summed E-state index contributed by atoms with van der Waals surface area (Å²) in [4.78, 5) is 73.4. The number of benzene rings is 3. The van der Waals surface area contributed by atoms with Gasteiger partial charge in [-0.25, -0.2) is 46.8 Å². The molecule has 13 heterocycles. The summed E-state index contributed by atoms with van der Waals surface area (Å²) in [6.45, 7) is 4.44. The zero-order valence-electron chi connectivity index (χ0n) is 66.6. The molecule has 8 unspecified atom stereocenters. The first-order valence-electron chi connectivity index (χ1n) is 39.2. The van der Waals surface area contributed by atoms with Gasteiger partial charge in [-0.05, 0) is 134 Å². The first-order chi connectivity index (χ1) is 59.6. The van der Waals surface area contributed by atoms with Crippen LogP contribution in [0.1, 0.15) is 172 Å². The number of hydrogen-bond acceptors (Lipinski definition) is 21. The number of nitrogens with one attached hydrogen (secondary N) is 4. The first kappa shape index (κ1) is 88.7. The lowest BCUT2D eigenvalue weighted by atomic mass is 9.77. The highest BCUT2D eigenvalue weighted by atomic mass is 19.4. The number of aliphatic hydroxyl groups excluding tert-OH is 3. The van der Waals surface area contributed by atoms with Crippen LogP contribution < -0.4 is 21.3 Å². The summed E-state index contributed by atoms with van der Waals surface area (Å²) in [6, 6.07) is 11.1. The van der Waals surface area contributed by atoms with Gasteiger partial charge < -0.3 is 60.6 Å². The Morgan fingerprint density at radius 3 is 1.11 bits per heavy atom. The molecular formula is C83H77F14N17O12. The van der Waals surface area contributed by atoms with Crippen LogP contribution in [0.2, 0.25) is 0 Å². The first-order valence-corrected chi connectivity index (χ1v) is 39.2. The number of hydrogen-bond donors (Lipinski definition) is 8. The zero-order chi connectivity index (χ0) is 90.0. The van der Waals surface area contributed by atoms with Crippen molar-refractivity contribution in [1.29, 1.82) is 0 Å². The molecule has 2 aliphatic carbocycles. The largest absolute Gasteiger partial charge is 0.417 e. The summed E-state index contributed by atoms with van der Waals surface area (Å²) in [5, 5.41) is 70.5. The highest BCUT2D eigenvalue weighted by molar-refractivity contribution is 6.02. The number of alkyl halides is 12. The summed E-state index contributed by atoms with van der Waals surface area (Å²) >= 11 is 0. The summed E-state index contributed by atoms with van der Waals surface area (Å²) in [5.41, 5.74) is -6.76. The van der Waals surface area contributed by atoms with Crippen LogP contribution in [0.4, 0.5) is 61.5 Å². The second-order valence-electron chi connectivity index (χ2n) is 31.7. The van der Waals surface area contributed by atoms with Crippen LogP contribution in [0, 0.1) is 25.5 Å². The molecule has 6 fully saturated rings. The van der Waals surface area contributed by atoms with Crippen molar-refractivity contribution < 1.29 is 120 Å². The molecule has 8 atom stereocenters. The Balaban J connectivity index is 0.000000130. The van der Waals surface area contributed by atoms with E-state index in [2.05, 4.69) is 66.6 Å². The summed E-state index contributed by atoms with van der Waals surface area (Å²) in [5.74, 6) is -4.14. The molecule has 4 amide bonds. The van der Waals surface area contributed by atoms with Gasteiger partial charge in [-0.3, -0.25) is 24.2 Å². The zero-order valence-corrected chi connectivity index (χ0v) is 66.6. The number of aliphatic hydroxyl groups is 4. The van der Waals surface area contributed by atoms with Gasteiger partial charge in [0.2, 0.25) is 0 Å². The highest BCUT2D eigenvalue weighted by Gasteiger charge is 2.57. The molecule has 8 N–H and O–H groups in total. The Labute approximate surface area is 703 Å². The van der Waals surface area contributed by atoms with Gasteiger partial charge in [-0.15, -0.1) is 0 Å². The van der Waals surface area contributed by atoms with Gasteiger partial charge in [0, 0.05) is 100 Å². The average molecular weight is 1770 g/mol. The van der Waals surface area contributed by atoms with Crippen LogP contribution in [0.5, 0.6) is 0 Å². The number of pyridine rings is 1. The fourth-order valence-electron chi connectivity index (χ4n) is 15.6. The molecule has 29 nitrogen and oxygen atoms in total. The molecule has 126 heavy (non-hydrogen) atoms. The third-order valence-electron chi connectivity index (χ3n) is 23.0. The van der Waals surface area contributed by atoms with Crippen LogP contribution in [-0.2, 0) is 65.8 Å². The monoisotopic (exact) mass is 1770 g/mol. The lowest BCUT2D eigenvalue weighted by Gasteiger charge is -2.42. The number of carbonyl (C=O) groups excluding carboxylic acids is 4. The Morgan fingerprint density at radius 1 is 0.413 bits per heavy atom. The molecule has 4 saturated heterocycles. The molecule has 43 heteroatoms. The Bertz CT molecular complexity index is 6100. The van der Waals surface area contributed by atoms with Gasteiger partial charge >= 0.3 is 24.7 Å². The van der Waals surface area contributed by atoms with E-state index in [0.29, 0.717) is 58.7 Å². The molecule has 3 aromatic carbocycles. The smallest absolute Gasteiger partial charge is 0.388 e. The Kier molecular flexibility index (Phi) is 23.9. The molecule has 4 aliphatic heterocycles. The fourth-order valence-corrected chi connectivity index (χ4v) is 15.6. The quantitative estimate of drug-likeness (QED) is 0.0469. The average Bonchev–Trinajstić information content (AvgIpc) is 1.26. The Morgan fingerprint density at radius 2 is 0.762 bits per heavy atom. The number of carbonyl (C=O) groups is 4. The van der Waals surface area contributed by atoms with E-state index in [9.17, 15) is 101 Å². The van der Waals surface area contributed by atoms with E-state index < -0.39 is 134 Å². The van der Waals surface area contributed by atoms with Crippen LogP contribution >= 0.6 is 0 Å². The van der Waals surface area contributed by atoms with E-state index in [1.54, 1.807) is 48.6 Å². The molecule has 2 saturated carbocycles. The van der Waals surface area contributed by atoms with Crippen molar-refractivity contribution in [3.05, 3.63) is 254 Å². The number of ether oxygens (including phenoxy) is 4. The number of aryl methyl sites for hydroxylation is 2. The van der Waals surface area contributed by atoms with Crippen molar-refractivity contribution in [2.75, 3.05) is 52.9 Å². The molecule has 9 aromatic heterocycles. The molecule has 0 radical (unpaired) electrons. The molecule has 0 bridgehead atoms. The van der Waals surface area contributed by atoms with Crippen LogP contribution in [-0.4, -0.2) is 184 Å². The van der Waals surface area contributed by atoms with E-state index in [4.69, 9.17) is 18.9 Å². The third-order valence-corrected chi connectivity index (χ3v) is 23.0. The van der Waals surface area contributed by atoms with Gasteiger partial charge in [0.05, 0.1) is 91.2 Å². The normalized spacial score (nSPS) is 23.5. The van der Waals surface area contributed by atoms with Crippen LogP contribution in [0.25, 0.3) is 22.6 Å². The molecular weight excluding hydrogens is 1690 g/mol. The number of fused-ring (bicyclic) bond motifs is 4. The number of aromatic nitrogens is 13. The summed E-state index contributed by atoms with van der Waals surface area (Å²) in [7, 11) is 0. The maximum atomic E-state index is 14.9. The van der Waals surface area contributed by atoms with E-state index in [1.165, 1.54) is 75.7 Å². The van der Waals surface area contributed by atoms with Crippen molar-refractivity contribution in [2.45, 2.75) is 148 Å². The third kappa shape index (κ3) is 17.7. The van der Waals surface area contributed by atoms with Crippen LogP contribution in [0.3, 0.4) is 0 Å². The van der Waals surface area contributed by atoms with Gasteiger partial charge in [-0.1, -0.05) is 30.3 Å². The van der Waals surface area contributed by atoms with Gasteiger partial charge in [-0.2, -0.15) is 73.1 Å². The van der Waals surface area contributed by atoms with Gasteiger partial charge in [0.1, 0.15) is 74.6 Å². The molecule has 12 aromatic rings. The van der Waals surface area contributed by atoms with Gasteiger partial charge in [0.25, 0.3) is 23.6 Å². The van der Waals surface area contributed by atoms with Crippen molar-refractivity contribution in [1.82, 2.24) is 84.6 Å². The van der Waals surface area contributed by atoms with E-state index in [-0.39, 0.29) is 111 Å². The minimum atomic E-state index is -4.79. The fraction of sp³-hybridized carbons (Fsp3) is 0.386. The predicted molar refractivity (Wildman–Crippen MR) is 411 cm³/mol. The minimum absolute atomic E-state index is 0.0250. The van der Waals surface area contributed by atoms with Crippen molar-refractivity contribution in [3.63, 3.8) is 0 Å². The van der Waals surface area contributed by atoms with Crippen molar-refractivity contribution in [2.24, 2.45) is 0 Å². The second-order valence-corrected chi connectivity index (χ2v) is 31.7.